The van der Waals surface area contributed by atoms with Crippen LogP contribution in [-0.2, 0) is 6.42 Å². The minimum Gasteiger partial charge on any atom is -0.493 e. The van der Waals surface area contributed by atoms with Gasteiger partial charge in [-0.05, 0) is 19.1 Å². The van der Waals surface area contributed by atoms with E-state index in [2.05, 4.69) is 4.98 Å². The quantitative estimate of drug-likeness (QED) is 0.915. The number of hydrogen-bond acceptors (Lipinski definition) is 4. The molecule has 1 aromatic carbocycles. The van der Waals surface area contributed by atoms with Crippen molar-refractivity contribution in [3.8, 4) is 5.75 Å². The molecule has 1 N–H and O–H groups in total. The van der Waals surface area contributed by atoms with Crippen LogP contribution in [0.2, 0.25) is 0 Å². The summed E-state index contributed by atoms with van der Waals surface area (Å²) in [7, 11) is 0. The SMILES string of the molecule is Cc1ncsc1CCOc1ccc(C(=O)O)c(F)c1. The van der Waals surface area contributed by atoms with Crippen molar-refractivity contribution in [3.63, 3.8) is 0 Å². The molecule has 0 aliphatic heterocycles. The Bertz CT molecular complexity index is 597. The van der Waals surface area contributed by atoms with E-state index in [0.717, 1.165) is 16.6 Å². The minimum absolute atomic E-state index is 0.324. The fourth-order valence-corrected chi connectivity index (χ4v) is 2.35. The molecule has 0 aliphatic carbocycles. The van der Waals surface area contributed by atoms with Crippen LogP contribution >= 0.6 is 11.3 Å². The Hall–Kier alpha value is -1.95. The molecule has 1 aromatic heterocycles. The maximum Gasteiger partial charge on any atom is 0.338 e. The van der Waals surface area contributed by atoms with Gasteiger partial charge in [0.2, 0.25) is 0 Å². The lowest BCUT2D eigenvalue weighted by Gasteiger charge is -2.06. The number of aryl methyl sites for hydroxylation is 1. The molecule has 0 aliphatic rings. The van der Waals surface area contributed by atoms with Crippen LogP contribution in [-0.4, -0.2) is 22.7 Å². The number of ether oxygens (including phenoxy) is 1. The number of hydrogen-bond donors (Lipinski definition) is 1. The van der Waals surface area contributed by atoms with E-state index in [0.29, 0.717) is 18.8 Å². The molecule has 19 heavy (non-hydrogen) atoms. The summed E-state index contributed by atoms with van der Waals surface area (Å²) in [5.41, 5.74) is 2.39. The summed E-state index contributed by atoms with van der Waals surface area (Å²) in [5, 5.41) is 8.70. The van der Waals surface area contributed by atoms with Crippen molar-refractivity contribution in [1.29, 1.82) is 0 Å². The van der Waals surface area contributed by atoms with Gasteiger partial charge in [0.05, 0.1) is 23.4 Å². The van der Waals surface area contributed by atoms with Gasteiger partial charge in [-0.15, -0.1) is 11.3 Å². The molecule has 4 nitrogen and oxygen atoms in total. The van der Waals surface area contributed by atoms with Crippen LogP contribution in [0.15, 0.2) is 23.7 Å². The first-order chi connectivity index (χ1) is 9.08. The summed E-state index contributed by atoms with van der Waals surface area (Å²) in [6.07, 6.45) is 0.693. The van der Waals surface area contributed by atoms with E-state index in [1.807, 2.05) is 6.92 Å². The molecule has 1 heterocycles. The van der Waals surface area contributed by atoms with Crippen molar-refractivity contribution in [1.82, 2.24) is 4.98 Å². The van der Waals surface area contributed by atoms with Gasteiger partial charge >= 0.3 is 5.97 Å². The minimum atomic E-state index is -1.29. The van der Waals surface area contributed by atoms with E-state index in [-0.39, 0.29) is 5.56 Å². The first kappa shape index (κ1) is 13.5. The number of carboxylic acids is 1. The van der Waals surface area contributed by atoms with Gasteiger partial charge in [0.25, 0.3) is 0 Å². The number of halogens is 1. The van der Waals surface area contributed by atoms with Crippen molar-refractivity contribution in [2.24, 2.45) is 0 Å². The van der Waals surface area contributed by atoms with Crippen molar-refractivity contribution in [2.75, 3.05) is 6.61 Å². The van der Waals surface area contributed by atoms with Crippen molar-refractivity contribution in [3.05, 3.63) is 45.7 Å². The molecule has 0 amide bonds. The molecule has 100 valence electrons. The third-order valence-corrected chi connectivity index (χ3v) is 3.61. The molecule has 0 atom stereocenters. The third kappa shape index (κ3) is 3.29. The van der Waals surface area contributed by atoms with Crippen LogP contribution in [0.4, 0.5) is 4.39 Å². The van der Waals surface area contributed by atoms with Gasteiger partial charge in [0, 0.05) is 17.4 Å². The molecule has 0 saturated carbocycles. The molecule has 0 fully saturated rings. The Morgan fingerprint density at radius 2 is 2.32 bits per heavy atom. The molecule has 6 heteroatoms. The fraction of sp³-hybridized carbons (Fsp3) is 0.231. The molecule has 0 spiro atoms. The van der Waals surface area contributed by atoms with Gasteiger partial charge in [-0.1, -0.05) is 0 Å². The Morgan fingerprint density at radius 1 is 1.53 bits per heavy atom. The summed E-state index contributed by atoms with van der Waals surface area (Å²) in [6, 6.07) is 3.74. The molecular weight excluding hydrogens is 269 g/mol. The summed E-state index contributed by atoms with van der Waals surface area (Å²) in [6.45, 7) is 2.32. The Morgan fingerprint density at radius 3 is 2.89 bits per heavy atom. The molecular formula is C13H12FNO3S. The van der Waals surface area contributed by atoms with E-state index >= 15 is 0 Å². The highest BCUT2D eigenvalue weighted by atomic mass is 32.1. The van der Waals surface area contributed by atoms with Crippen LogP contribution < -0.4 is 4.74 Å². The lowest BCUT2D eigenvalue weighted by atomic mass is 10.2. The van der Waals surface area contributed by atoms with E-state index < -0.39 is 11.8 Å². The second-order valence-electron chi connectivity index (χ2n) is 3.91. The van der Waals surface area contributed by atoms with Gasteiger partial charge in [-0.3, -0.25) is 0 Å². The fourth-order valence-electron chi connectivity index (χ4n) is 1.59. The summed E-state index contributed by atoms with van der Waals surface area (Å²) in [5.74, 6) is -1.76. The van der Waals surface area contributed by atoms with Crippen LogP contribution in [0, 0.1) is 12.7 Å². The molecule has 0 radical (unpaired) electrons. The number of aromatic nitrogens is 1. The van der Waals surface area contributed by atoms with Crippen molar-refractivity contribution in [2.45, 2.75) is 13.3 Å². The lowest BCUT2D eigenvalue weighted by Crippen LogP contribution is -2.04. The normalized spacial score (nSPS) is 10.4. The molecule has 0 saturated heterocycles. The number of rotatable bonds is 5. The number of carbonyl (C=O) groups is 1. The highest BCUT2D eigenvalue weighted by Gasteiger charge is 2.11. The smallest absolute Gasteiger partial charge is 0.338 e. The van der Waals surface area contributed by atoms with Gasteiger partial charge in [-0.25, -0.2) is 14.2 Å². The molecule has 2 rings (SSSR count). The third-order valence-electron chi connectivity index (χ3n) is 2.61. The van der Waals surface area contributed by atoms with Gasteiger partial charge < -0.3 is 9.84 Å². The summed E-state index contributed by atoms with van der Waals surface area (Å²) < 4.78 is 18.8. The average molecular weight is 281 g/mol. The average Bonchev–Trinajstić information content (AvgIpc) is 2.75. The second kappa shape index (κ2) is 5.79. The summed E-state index contributed by atoms with van der Waals surface area (Å²) in [4.78, 5) is 15.9. The first-order valence-electron chi connectivity index (χ1n) is 5.62. The van der Waals surface area contributed by atoms with Crippen molar-refractivity contribution < 1.29 is 19.0 Å². The Kier molecular flexibility index (Phi) is 4.11. The zero-order valence-electron chi connectivity index (χ0n) is 10.2. The highest BCUT2D eigenvalue weighted by molar-refractivity contribution is 7.09. The number of nitrogens with zero attached hydrogens (tertiary/aromatic N) is 1. The maximum absolute atomic E-state index is 13.4. The predicted molar refractivity (Wildman–Crippen MR) is 69.4 cm³/mol. The molecule has 0 bridgehead atoms. The molecule has 2 aromatic rings. The van der Waals surface area contributed by atoms with Gasteiger partial charge in [-0.2, -0.15) is 0 Å². The number of benzene rings is 1. The topological polar surface area (TPSA) is 59.4 Å². The summed E-state index contributed by atoms with van der Waals surface area (Å²) >= 11 is 1.55. The molecule has 0 unspecified atom stereocenters. The van der Waals surface area contributed by atoms with Crippen molar-refractivity contribution >= 4 is 17.3 Å². The largest absolute Gasteiger partial charge is 0.493 e. The van der Waals surface area contributed by atoms with E-state index in [1.165, 1.54) is 12.1 Å². The van der Waals surface area contributed by atoms with E-state index in [4.69, 9.17) is 9.84 Å². The standard InChI is InChI=1S/C13H12FNO3S/c1-8-12(19-7-15-8)4-5-18-9-2-3-10(13(16)17)11(14)6-9/h2-3,6-7H,4-5H2,1H3,(H,16,17). The van der Waals surface area contributed by atoms with Crippen LogP contribution in [0.3, 0.4) is 0 Å². The van der Waals surface area contributed by atoms with Crippen LogP contribution in [0.5, 0.6) is 5.75 Å². The zero-order valence-corrected chi connectivity index (χ0v) is 11.0. The Balaban J connectivity index is 1.95. The van der Waals surface area contributed by atoms with Crippen LogP contribution in [0.1, 0.15) is 20.9 Å². The Labute approximate surface area is 113 Å². The zero-order chi connectivity index (χ0) is 13.8. The maximum atomic E-state index is 13.4. The first-order valence-corrected chi connectivity index (χ1v) is 6.50. The predicted octanol–water partition coefficient (Wildman–Crippen LogP) is 2.91. The lowest BCUT2D eigenvalue weighted by molar-refractivity contribution is 0.0692. The van der Waals surface area contributed by atoms with Crippen LogP contribution in [0.25, 0.3) is 0 Å². The number of thiazole rings is 1. The highest BCUT2D eigenvalue weighted by Crippen LogP contribution is 2.18. The second-order valence-corrected chi connectivity index (χ2v) is 4.85. The van der Waals surface area contributed by atoms with Gasteiger partial charge in [0.15, 0.2) is 0 Å². The van der Waals surface area contributed by atoms with E-state index in [1.54, 1.807) is 16.8 Å². The number of carboxylic acid groups (broad SMARTS) is 1. The monoisotopic (exact) mass is 281 g/mol. The van der Waals surface area contributed by atoms with Gasteiger partial charge in [0.1, 0.15) is 11.6 Å². The van der Waals surface area contributed by atoms with E-state index in [9.17, 15) is 9.18 Å². The number of aromatic carboxylic acids is 1.